The molecule has 15 nitrogen and oxygen atoms in total. The van der Waals surface area contributed by atoms with Crippen molar-refractivity contribution in [1.29, 1.82) is 0 Å². The third-order valence-electron chi connectivity index (χ3n) is 22.0. The van der Waals surface area contributed by atoms with Gasteiger partial charge in [-0.2, -0.15) is 0 Å². The summed E-state index contributed by atoms with van der Waals surface area (Å²) in [5.41, 5.74) is -2.29. The lowest BCUT2D eigenvalue weighted by molar-refractivity contribution is -0.267. The lowest BCUT2D eigenvalue weighted by atomic mass is 9.39. The zero-order valence-corrected chi connectivity index (χ0v) is 43.7. The van der Waals surface area contributed by atoms with Gasteiger partial charge in [0.05, 0.1) is 65.3 Å². The number of rotatable bonds is 14. The van der Waals surface area contributed by atoms with Crippen LogP contribution >= 0.6 is 0 Å². The Balaban J connectivity index is 1.14. The Hall–Kier alpha value is -2.25. The molecule has 20 atom stereocenters. The summed E-state index contributed by atoms with van der Waals surface area (Å²) in [6, 6.07) is 0. The number of Topliss-reactive ketones (excluding diaryl/α,β-unsaturated/α-hetero) is 1. The molecule has 10 aliphatic rings. The summed E-state index contributed by atoms with van der Waals surface area (Å²) in [6.07, 6.45) is 14.3. The number of dihydropyridines is 1. The average molecular weight is 1020 g/mol. The van der Waals surface area contributed by atoms with Crippen molar-refractivity contribution in [3.63, 3.8) is 0 Å². The highest BCUT2D eigenvalue weighted by Gasteiger charge is 2.79. The molecule has 0 amide bonds. The van der Waals surface area contributed by atoms with E-state index >= 15 is 4.79 Å². The molecule has 15 heteroatoms. The summed E-state index contributed by atoms with van der Waals surface area (Å²) in [5.74, 6) is -3.68. The first-order chi connectivity index (χ1) is 34.8. The predicted molar refractivity (Wildman–Crippen MR) is 273 cm³/mol. The fourth-order valence-electron chi connectivity index (χ4n) is 18.7. The van der Waals surface area contributed by atoms with Gasteiger partial charge >= 0.3 is 0 Å². The highest BCUT2D eigenvalue weighted by molar-refractivity contribution is 6.00. The van der Waals surface area contributed by atoms with E-state index in [2.05, 4.69) is 17.6 Å². The number of hydrogen-bond acceptors (Lipinski definition) is 15. The van der Waals surface area contributed by atoms with Crippen LogP contribution in [0.25, 0.3) is 0 Å². The molecule has 0 aromatic carbocycles. The number of aliphatic hydroxyl groups is 10. The molecule has 14 N–H and O–H groups in total. The molecule has 20 unspecified atom stereocenters. The molecule has 0 radical (unpaired) electrons. The van der Waals surface area contributed by atoms with E-state index in [1.807, 2.05) is 18.2 Å². The molecule has 410 valence electrons. The largest absolute Gasteiger partial charge is 0.396 e. The minimum Gasteiger partial charge on any atom is -0.396 e. The highest BCUT2D eigenvalue weighted by atomic mass is 16.5. The summed E-state index contributed by atoms with van der Waals surface area (Å²) < 4.78 is 7.04. The first kappa shape index (κ1) is 54.1. The van der Waals surface area contributed by atoms with Crippen LogP contribution in [0.4, 0.5) is 0 Å². The fourth-order valence-corrected chi connectivity index (χ4v) is 18.7. The quantitative estimate of drug-likeness (QED) is 0.110. The second-order valence-electron chi connectivity index (χ2n) is 25.7. The molecule has 1 saturated heterocycles. The minimum absolute atomic E-state index is 0.00416. The van der Waals surface area contributed by atoms with Crippen molar-refractivity contribution < 1.29 is 60.6 Å². The van der Waals surface area contributed by atoms with Crippen LogP contribution in [0, 0.1) is 58.2 Å². The van der Waals surface area contributed by atoms with E-state index < -0.39 is 106 Å². The number of allylic oxidation sites excluding steroid dienone is 5. The second kappa shape index (κ2) is 20.5. The molecule has 0 bridgehead atoms. The van der Waals surface area contributed by atoms with Crippen LogP contribution in [0.15, 0.2) is 46.8 Å². The zero-order valence-electron chi connectivity index (χ0n) is 43.7. The Morgan fingerprint density at radius 2 is 1.68 bits per heavy atom. The minimum atomic E-state index is -2.03. The van der Waals surface area contributed by atoms with E-state index in [4.69, 9.17) is 10.5 Å². The normalized spacial score (nSPS) is 47.0. The van der Waals surface area contributed by atoms with Gasteiger partial charge in [0.15, 0.2) is 5.78 Å². The molecule has 73 heavy (non-hydrogen) atoms. The smallest absolute Gasteiger partial charge is 0.182 e. The number of fused-ring (bicyclic) bond motifs is 5. The highest BCUT2D eigenvalue weighted by Crippen LogP contribution is 2.75. The van der Waals surface area contributed by atoms with E-state index in [1.165, 1.54) is 0 Å². The van der Waals surface area contributed by atoms with Crippen LogP contribution in [-0.4, -0.2) is 142 Å². The number of nitrogens with one attached hydrogen (secondary N) is 2. The molecular formula is C58H91N3O12. The van der Waals surface area contributed by atoms with Crippen molar-refractivity contribution in [1.82, 2.24) is 10.6 Å². The Morgan fingerprint density at radius 1 is 0.918 bits per heavy atom. The third kappa shape index (κ3) is 8.71. The molecule has 6 saturated carbocycles. The summed E-state index contributed by atoms with van der Waals surface area (Å²) in [5, 5.41) is 132. The van der Waals surface area contributed by atoms with Crippen LogP contribution in [0.3, 0.4) is 0 Å². The molecule has 10 rings (SSSR count). The van der Waals surface area contributed by atoms with E-state index in [-0.39, 0.29) is 99.5 Å². The Morgan fingerprint density at radius 3 is 2.42 bits per heavy atom. The number of carbonyl (C=O) groups is 1. The van der Waals surface area contributed by atoms with Gasteiger partial charge in [-0.1, -0.05) is 63.7 Å². The summed E-state index contributed by atoms with van der Waals surface area (Å²) >= 11 is 0. The monoisotopic (exact) mass is 1020 g/mol. The van der Waals surface area contributed by atoms with Crippen LogP contribution in [0.5, 0.6) is 0 Å². The Kier molecular flexibility index (Phi) is 15.2. The van der Waals surface area contributed by atoms with Gasteiger partial charge in [-0.3, -0.25) is 4.79 Å². The van der Waals surface area contributed by atoms with Crippen molar-refractivity contribution in [3.05, 3.63) is 46.8 Å². The van der Waals surface area contributed by atoms with Crippen LogP contribution in [-0.2, 0) is 9.53 Å². The number of ketones is 1. The summed E-state index contributed by atoms with van der Waals surface area (Å²) in [4.78, 5) is 16.0. The van der Waals surface area contributed by atoms with Gasteiger partial charge in [-0.15, -0.1) is 0 Å². The number of aliphatic hydroxyl groups excluding tert-OH is 6. The number of hydrogen-bond donors (Lipinski definition) is 13. The second-order valence-corrected chi connectivity index (χ2v) is 25.7. The maximum Gasteiger partial charge on any atom is 0.182 e. The lowest BCUT2D eigenvalue weighted by Gasteiger charge is -2.67. The molecule has 7 fully saturated rings. The van der Waals surface area contributed by atoms with Crippen molar-refractivity contribution in [3.8, 4) is 0 Å². The molecule has 2 heterocycles. The van der Waals surface area contributed by atoms with Crippen molar-refractivity contribution >= 4 is 5.78 Å². The van der Waals surface area contributed by atoms with Crippen LogP contribution < -0.4 is 16.4 Å². The Labute approximate surface area is 432 Å². The average Bonchev–Trinajstić information content (AvgIpc) is 3.70. The van der Waals surface area contributed by atoms with Gasteiger partial charge in [0.1, 0.15) is 5.60 Å². The third-order valence-corrected chi connectivity index (χ3v) is 22.0. The lowest BCUT2D eigenvalue weighted by Crippen LogP contribution is -2.73. The van der Waals surface area contributed by atoms with Crippen molar-refractivity contribution in [2.45, 2.75) is 227 Å². The maximum absolute atomic E-state index is 16.0. The topological polar surface area (TPSA) is 279 Å². The maximum atomic E-state index is 16.0. The van der Waals surface area contributed by atoms with Gasteiger partial charge in [0, 0.05) is 54.5 Å². The number of ether oxygens (including phenoxy) is 1. The molecule has 0 aromatic rings. The van der Waals surface area contributed by atoms with Crippen molar-refractivity contribution in [2.75, 3.05) is 19.8 Å². The molecule has 1 spiro atoms. The zero-order chi connectivity index (χ0) is 51.9. The van der Waals surface area contributed by atoms with Gasteiger partial charge < -0.3 is 72.2 Å². The summed E-state index contributed by atoms with van der Waals surface area (Å²) in [6.45, 7) is 3.33. The summed E-state index contributed by atoms with van der Waals surface area (Å²) in [7, 11) is 0. The van der Waals surface area contributed by atoms with Gasteiger partial charge in [0.25, 0.3) is 0 Å². The molecule has 0 aromatic heterocycles. The van der Waals surface area contributed by atoms with Crippen LogP contribution in [0.2, 0.25) is 0 Å². The first-order valence-electron chi connectivity index (χ1n) is 29.0. The fraction of sp³-hybridized carbons (Fsp3) is 0.845. The van der Waals surface area contributed by atoms with E-state index in [9.17, 15) is 51.1 Å². The SMILES string of the molecule is CCCC1CCC2OC3C(C(O)CCCC3(O)C(C)(O)C3CCC4(O)C5=C(NCC(O)C6CCCCC6)C(=O)C6CC(O)C(O)CC67CC(C6=C(CCCO)NC(N)C=C6)C=CC(O)(CC34CCO)C57)C2CC1. The van der Waals surface area contributed by atoms with Gasteiger partial charge in [-0.05, 0) is 162 Å². The molecular weight excluding hydrogens is 931 g/mol. The van der Waals surface area contributed by atoms with Crippen LogP contribution in [0.1, 0.15) is 162 Å². The molecule has 8 aliphatic carbocycles. The predicted octanol–water partition coefficient (Wildman–Crippen LogP) is 3.80. The molecule has 2 aliphatic heterocycles. The number of nitrogens with two attached hydrogens (primary N) is 1. The van der Waals surface area contributed by atoms with E-state index in [0.29, 0.717) is 31.6 Å². The van der Waals surface area contributed by atoms with E-state index in [0.717, 1.165) is 81.9 Å². The van der Waals surface area contributed by atoms with E-state index in [1.54, 1.807) is 13.0 Å². The standard InChI is InChI=1S/C58H91N3O12/c1-3-9-33-14-16-37-44(18-15-33)73-52-47(37)40(64)13-7-22-58(52,72)53(2,69)45-21-24-57(71)48-49(60-31-43(67)34-10-5-4-6-11-34)50(68)38-28-41(65)42(66)30-54(38)29-35(36-17-19-46(59)61-39(36)12-8-26-62)20-23-56(70,51(48)54)32-55(45,57)25-27-63/h17,19-20,23,33-35,37-38,40-47,51-52,60-67,69-72H,3-16,18,21-22,24-32,59H2,1-2H3. The number of carbonyl (C=O) groups excluding carboxylic acids is 1. The van der Waals surface area contributed by atoms with Crippen molar-refractivity contribution in [2.24, 2.45) is 63.9 Å². The first-order valence-corrected chi connectivity index (χ1v) is 29.0. The Bertz CT molecular complexity index is 2160. The van der Waals surface area contributed by atoms with Gasteiger partial charge in [0.2, 0.25) is 0 Å². The van der Waals surface area contributed by atoms with Gasteiger partial charge in [-0.25, -0.2) is 0 Å².